The van der Waals surface area contributed by atoms with Crippen LogP contribution in [0.1, 0.15) is 57.8 Å². The lowest BCUT2D eigenvalue weighted by molar-refractivity contribution is 0.0953. The monoisotopic (exact) mass is 331 g/mol. The Hall–Kier alpha value is -1.88. The lowest BCUT2D eigenvalue weighted by atomic mass is 10.1. The van der Waals surface area contributed by atoms with Crippen molar-refractivity contribution in [3.8, 4) is 0 Å². The zero-order valence-corrected chi connectivity index (χ0v) is 14.3. The number of allylic oxidation sites excluding steroid dienone is 2. The Bertz CT molecular complexity index is 664. The number of amides is 1. The normalized spacial score (nSPS) is 15.1. The minimum atomic E-state index is -0.294. The number of hydrogen-bond acceptors (Lipinski definition) is 4. The number of nitrogens with one attached hydrogen (secondary N) is 1. The number of unbranched alkanes of at least 4 members (excludes halogenated alkanes) is 1. The molecule has 0 aliphatic heterocycles. The zero-order chi connectivity index (χ0) is 16.8. The first-order valence-electron chi connectivity index (χ1n) is 7.85. The molecule has 0 saturated heterocycles. The van der Waals surface area contributed by atoms with Crippen LogP contribution in [0, 0.1) is 0 Å². The fourth-order valence-electron chi connectivity index (χ4n) is 2.41. The van der Waals surface area contributed by atoms with Gasteiger partial charge in [0.05, 0.1) is 5.57 Å². The van der Waals surface area contributed by atoms with E-state index in [1.807, 2.05) is 11.8 Å². The van der Waals surface area contributed by atoms with Crippen molar-refractivity contribution in [1.29, 1.82) is 0 Å². The third-order valence-corrected chi connectivity index (χ3v) is 4.79. The summed E-state index contributed by atoms with van der Waals surface area (Å²) in [7, 11) is 0. The Morgan fingerprint density at radius 3 is 2.61 bits per heavy atom. The molecule has 0 unspecified atom stereocenters. The number of thioether (sulfide) groups is 1. The van der Waals surface area contributed by atoms with E-state index in [1.54, 1.807) is 19.1 Å². The van der Waals surface area contributed by atoms with Crippen molar-refractivity contribution >= 4 is 29.2 Å². The van der Waals surface area contributed by atoms with E-state index in [0.29, 0.717) is 23.2 Å². The molecule has 0 spiro atoms. The first kappa shape index (κ1) is 17.5. The van der Waals surface area contributed by atoms with Gasteiger partial charge < -0.3 is 5.32 Å². The van der Waals surface area contributed by atoms with Crippen molar-refractivity contribution in [2.75, 3.05) is 18.1 Å². The van der Waals surface area contributed by atoms with E-state index in [4.69, 9.17) is 0 Å². The Balaban J connectivity index is 1.98. The maximum Gasteiger partial charge on any atom is 0.251 e. The molecule has 2 rings (SSSR count). The Morgan fingerprint density at radius 2 is 1.91 bits per heavy atom. The van der Waals surface area contributed by atoms with Crippen LogP contribution in [0.4, 0.5) is 0 Å². The topological polar surface area (TPSA) is 63.2 Å². The molecule has 0 saturated carbocycles. The highest BCUT2D eigenvalue weighted by atomic mass is 32.2. The van der Waals surface area contributed by atoms with E-state index in [2.05, 4.69) is 12.2 Å². The summed E-state index contributed by atoms with van der Waals surface area (Å²) in [5, 5.41) is 2.85. The number of carbonyl (C=O) groups excluding carboxylic acids is 3. The molecule has 0 atom stereocenters. The van der Waals surface area contributed by atoms with E-state index in [1.165, 1.54) is 25.0 Å². The molecule has 0 fully saturated rings. The van der Waals surface area contributed by atoms with Crippen molar-refractivity contribution in [3.63, 3.8) is 0 Å². The van der Waals surface area contributed by atoms with Crippen molar-refractivity contribution in [1.82, 2.24) is 5.32 Å². The molecule has 0 bridgehead atoms. The van der Waals surface area contributed by atoms with E-state index in [-0.39, 0.29) is 23.0 Å². The third kappa shape index (κ3) is 3.91. The number of rotatable bonds is 7. The van der Waals surface area contributed by atoms with E-state index in [9.17, 15) is 14.4 Å². The van der Waals surface area contributed by atoms with Crippen LogP contribution in [0.5, 0.6) is 0 Å². The standard InChI is InChI=1S/C18H21NO3S/c1-3-5-9-23-10-8-19-18(22)12-6-7-14-15(11-12)17(21)13(4-2)16(14)20/h4,6-7,11H,3,5,8-10H2,1-2H3,(H,19,22)/b13-4-. The van der Waals surface area contributed by atoms with Crippen LogP contribution in [-0.2, 0) is 0 Å². The third-order valence-electron chi connectivity index (χ3n) is 3.72. The Labute approximate surface area is 140 Å². The van der Waals surface area contributed by atoms with Crippen molar-refractivity contribution in [2.45, 2.75) is 26.7 Å². The van der Waals surface area contributed by atoms with Crippen molar-refractivity contribution < 1.29 is 14.4 Å². The van der Waals surface area contributed by atoms with Gasteiger partial charge in [-0.3, -0.25) is 14.4 Å². The molecule has 1 aromatic carbocycles. The smallest absolute Gasteiger partial charge is 0.251 e. The molecule has 1 aromatic rings. The number of Topliss-reactive ketones (excluding diaryl/α,β-unsaturated/α-hetero) is 2. The lowest BCUT2D eigenvalue weighted by Crippen LogP contribution is -2.26. The molecule has 1 N–H and O–H groups in total. The number of benzene rings is 1. The van der Waals surface area contributed by atoms with Gasteiger partial charge in [0.25, 0.3) is 5.91 Å². The largest absolute Gasteiger partial charge is 0.351 e. The molecule has 4 nitrogen and oxygen atoms in total. The predicted octanol–water partition coefficient (Wildman–Crippen LogP) is 3.28. The summed E-state index contributed by atoms with van der Waals surface area (Å²) >= 11 is 1.82. The number of hydrogen-bond donors (Lipinski definition) is 1. The molecule has 0 aromatic heterocycles. The van der Waals surface area contributed by atoms with E-state index >= 15 is 0 Å². The predicted molar refractivity (Wildman–Crippen MR) is 93.4 cm³/mol. The fourth-order valence-corrected chi connectivity index (χ4v) is 3.36. The molecule has 23 heavy (non-hydrogen) atoms. The van der Waals surface area contributed by atoms with Gasteiger partial charge in [-0.2, -0.15) is 11.8 Å². The van der Waals surface area contributed by atoms with Crippen LogP contribution in [0.15, 0.2) is 29.8 Å². The highest BCUT2D eigenvalue weighted by Crippen LogP contribution is 2.27. The maximum atomic E-state index is 12.1. The van der Waals surface area contributed by atoms with Gasteiger partial charge in [0.2, 0.25) is 0 Å². The molecule has 5 heteroatoms. The van der Waals surface area contributed by atoms with Gasteiger partial charge in [-0.25, -0.2) is 0 Å². The summed E-state index contributed by atoms with van der Waals surface area (Å²) in [6.07, 6.45) is 3.89. The molecule has 122 valence electrons. The zero-order valence-electron chi connectivity index (χ0n) is 13.5. The van der Waals surface area contributed by atoms with Crippen LogP contribution >= 0.6 is 11.8 Å². The van der Waals surface area contributed by atoms with Gasteiger partial charge in [-0.05, 0) is 37.3 Å². The van der Waals surface area contributed by atoms with E-state index < -0.39 is 0 Å². The summed E-state index contributed by atoms with van der Waals surface area (Å²) in [5.41, 5.74) is 1.31. The summed E-state index contributed by atoms with van der Waals surface area (Å²) in [4.78, 5) is 36.3. The number of fused-ring (bicyclic) bond motifs is 1. The lowest BCUT2D eigenvalue weighted by Gasteiger charge is -2.06. The second-order valence-corrected chi connectivity index (χ2v) is 6.57. The van der Waals surface area contributed by atoms with Crippen LogP contribution in [0.3, 0.4) is 0 Å². The molecule has 1 aliphatic carbocycles. The van der Waals surface area contributed by atoms with Crippen molar-refractivity contribution in [3.05, 3.63) is 46.5 Å². The molecule has 1 amide bonds. The quantitative estimate of drug-likeness (QED) is 0.473. The summed E-state index contributed by atoms with van der Waals surface area (Å²) in [5.74, 6) is 1.22. The Kier molecular flexibility index (Phi) is 6.16. The molecular weight excluding hydrogens is 310 g/mol. The molecular formula is C18H21NO3S. The van der Waals surface area contributed by atoms with Crippen LogP contribution in [0.25, 0.3) is 0 Å². The summed E-state index contributed by atoms with van der Waals surface area (Å²) in [6, 6.07) is 4.69. The second kappa shape index (κ2) is 8.11. The molecule has 1 aliphatic rings. The van der Waals surface area contributed by atoms with Crippen LogP contribution in [0.2, 0.25) is 0 Å². The minimum absolute atomic E-state index is 0.185. The van der Waals surface area contributed by atoms with Gasteiger partial charge in [-0.1, -0.05) is 19.4 Å². The molecule has 0 heterocycles. The SMILES string of the molecule is C/C=C1/C(=O)c2ccc(C(=O)NCCSCCCC)cc2C1=O. The van der Waals surface area contributed by atoms with Gasteiger partial charge in [0.15, 0.2) is 11.6 Å². The highest BCUT2D eigenvalue weighted by molar-refractivity contribution is 7.99. The number of carbonyl (C=O) groups is 3. The fraction of sp³-hybridized carbons (Fsp3) is 0.389. The van der Waals surface area contributed by atoms with Gasteiger partial charge in [0, 0.05) is 29.0 Å². The van der Waals surface area contributed by atoms with Gasteiger partial charge in [-0.15, -0.1) is 0 Å². The second-order valence-electron chi connectivity index (χ2n) is 5.34. The van der Waals surface area contributed by atoms with Crippen LogP contribution in [-0.4, -0.2) is 35.5 Å². The van der Waals surface area contributed by atoms with Gasteiger partial charge >= 0.3 is 0 Å². The molecule has 0 radical (unpaired) electrons. The minimum Gasteiger partial charge on any atom is -0.351 e. The first-order chi connectivity index (χ1) is 11.1. The van der Waals surface area contributed by atoms with Crippen LogP contribution < -0.4 is 5.32 Å². The van der Waals surface area contributed by atoms with E-state index in [0.717, 1.165) is 11.5 Å². The average molecular weight is 331 g/mol. The van der Waals surface area contributed by atoms with Gasteiger partial charge in [0.1, 0.15) is 0 Å². The number of ketones is 2. The highest BCUT2D eigenvalue weighted by Gasteiger charge is 2.32. The first-order valence-corrected chi connectivity index (χ1v) is 9.01. The summed E-state index contributed by atoms with van der Waals surface area (Å²) < 4.78 is 0. The Morgan fingerprint density at radius 1 is 1.17 bits per heavy atom. The maximum absolute atomic E-state index is 12.1. The average Bonchev–Trinajstić information content (AvgIpc) is 2.81. The summed E-state index contributed by atoms with van der Waals surface area (Å²) in [6.45, 7) is 4.42. The van der Waals surface area contributed by atoms with Crippen molar-refractivity contribution in [2.24, 2.45) is 0 Å².